The van der Waals surface area contributed by atoms with Gasteiger partial charge in [0.25, 0.3) is 0 Å². The number of aryl methyl sites for hydroxylation is 1. The number of benzene rings is 1. The molecule has 8 heteroatoms. The van der Waals surface area contributed by atoms with Crippen LogP contribution in [0.1, 0.15) is 30.5 Å². The molecule has 3 aromatic rings. The number of likely N-dealkylation sites (tertiary alicyclic amines) is 1. The van der Waals surface area contributed by atoms with Crippen LogP contribution in [0.25, 0.3) is 11.1 Å². The van der Waals surface area contributed by atoms with Crippen LogP contribution in [0.3, 0.4) is 0 Å². The van der Waals surface area contributed by atoms with Crippen LogP contribution < -0.4 is 10.1 Å². The number of nitrogens with zero attached hydrogens (tertiary/aromatic N) is 4. The number of aromatic nitrogens is 3. The topological polar surface area (TPSA) is 63.2 Å². The molecule has 1 aliphatic heterocycles. The van der Waals surface area contributed by atoms with Crippen LogP contribution in [0.5, 0.6) is 5.75 Å². The first-order valence-electron chi connectivity index (χ1n) is 10.9. The number of hydrogen-bond donors (Lipinski definition) is 1. The molecule has 1 aromatic carbocycles. The minimum absolute atomic E-state index is 0.116. The Balaban J connectivity index is 1.35. The summed E-state index contributed by atoms with van der Waals surface area (Å²) in [4.78, 5) is 15.9. The monoisotopic (exact) mass is 439 g/mol. The highest BCUT2D eigenvalue weighted by Crippen LogP contribution is 2.24. The molecule has 3 heterocycles. The number of piperidine rings is 1. The van der Waals surface area contributed by atoms with Crippen molar-refractivity contribution in [1.82, 2.24) is 19.9 Å². The Morgan fingerprint density at radius 1 is 0.969 bits per heavy atom. The standard InChI is InChI=1S/C24H27F2N5O/c1-17-13-20(9-12-31-10-3-2-4-11-31)27-16-22(17)30-24-28-14-19(15-29-24)18-5-7-21(8-6-18)32-23(25)26/h5-8,13-16,23H,2-4,9-12H2,1H3,(H,28,29,30). The fourth-order valence-corrected chi connectivity index (χ4v) is 3.83. The van der Waals surface area contributed by atoms with E-state index in [1.807, 2.05) is 13.1 Å². The van der Waals surface area contributed by atoms with Gasteiger partial charge in [0, 0.05) is 36.6 Å². The van der Waals surface area contributed by atoms with E-state index < -0.39 is 6.61 Å². The first-order chi connectivity index (χ1) is 15.6. The third-order valence-electron chi connectivity index (χ3n) is 5.61. The number of pyridine rings is 1. The smallest absolute Gasteiger partial charge is 0.387 e. The van der Waals surface area contributed by atoms with Crippen molar-refractivity contribution in [2.45, 2.75) is 39.2 Å². The lowest BCUT2D eigenvalue weighted by Crippen LogP contribution is -2.31. The van der Waals surface area contributed by atoms with Gasteiger partial charge in [0.2, 0.25) is 5.95 Å². The maximum atomic E-state index is 12.3. The fourth-order valence-electron chi connectivity index (χ4n) is 3.83. The summed E-state index contributed by atoms with van der Waals surface area (Å²) < 4.78 is 28.9. The largest absolute Gasteiger partial charge is 0.435 e. The molecule has 1 aliphatic rings. The van der Waals surface area contributed by atoms with E-state index in [2.05, 4.69) is 36.0 Å². The highest BCUT2D eigenvalue weighted by molar-refractivity contribution is 5.64. The summed E-state index contributed by atoms with van der Waals surface area (Å²) >= 11 is 0. The van der Waals surface area contributed by atoms with E-state index in [9.17, 15) is 8.78 Å². The van der Waals surface area contributed by atoms with Gasteiger partial charge in [-0.25, -0.2) is 9.97 Å². The van der Waals surface area contributed by atoms with Gasteiger partial charge >= 0.3 is 6.61 Å². The molecule has 0 aliphatic carbocycles. The van der Waals surface area contributed by atoms with E-state index in [0.717, 1.165) is 41.0 Å². The molecule has 0 amide bonds. The lowest BCUT2D eigenvalue weighted by molar-refractivity contribution is -0.0498. The number of rotatable bonds is 8. The summed E-state index contributed by atoms with van der Waals surface area (Å²) in [6.07, 6.45) is 10.1. The van der Waals surface area contributed by atoms with Crippen molar-refractivity contribution in [2.75, 3.05) is 25.0 Å². The Morgan fingerprint density at radius 2 is 1.69 bits per heavy atom. The Bertz CT molecular complexity index is 1010. The molecule has 0 unspecified atom stereocenters. The maximum Gasteiger partial charge on any atom is 0.387 e. The van der Waals surface area contributed by atoms with E-state index in [-0.39, 0.29) is 5.75 Å². The summed E-state index contributed by atoms with van der Waals surface area (Å²) in [5.41, 5.74) is 4.65. The van der Waals surface area contributed by atoms with E-state index in [4.69, 9.17) is 0 Å². The van der Waals surface area contributed by atoms with E-state index in [1.54, 1.807) is 24.5 Å². The van der Waals surface area contributed by atoms with Crippen molar-refractivity contribution in [1.29, 1.82) is 0 Å². The third kappa shape index (κ3) is 5.97. The van der Waals surface area contributed by atoms with Crippen LogP contribution in [-0.4, -0.2) is 46.1 Å². The number of ether oxygens (including phenoxy) is 1. The Labute approximate surface area is 186 Å². The summed E-state index contributed by atoms with van der Waals surface area (Å²) in [5.74, 6) is 0.586. The van der Waals surface area contributed by atoms with Crippen molar-refractivity contribution in [2.24, 2.45) is 0 Å². The summed E-state index contributed by atoms with van der Waals surface area (Å²) in [6.45, 7) is 2.65. The normalized spacial score (nSPS) is 14.5. The maximum absolute atomic E-state index is 12.3. The predicted molar refractivity (Wildman–Crippen MR) is 120 cm³/mol. The zero-order valence-electron chi connectivity index (χ0n) is 18.1. The Morgan fingerprint density at radius 3 is 2.34 bits per heavy atom. The highest BCUT2D eigenvalue weighted by Gasteiger charge is 2.11. The highest BCUT2D eigenvalue weighted by atomic mass is 19.3. The van der Waals surface area contributed by atoms with Crippen molar-refractivity contribution in [3.05, 3.63) is 60.2 Å². The third-order valence-corrected chi connectivity index (χ3v) is 5.61. The van der Waals surface area contributed by atoms with Crippen LogP contribution >= 0.6 is 0 Å². The van der Waals surface area contributed by atoms with E-state index >= 15 is 0 Å². The second-order valence-electron chi connectivity index (χ2n) is 7.97. The van der Waals surface area contributed by atoms with Crippen molar-refractivity contribution in [3.8, 4) is 16.9 Å². The van der Waals surface area contributed by atoms with Crippen LogP contribution in [0.15, 0.2) is 48.9 Å². The van der Waals surface area contributed by atoms with Gasteiger partial charge in [-0.3, -0.25) is 4.98 Å². The van der Waals surface area contributed by atoms with Crippen LogP contribution in [0.4, 0.5) is 20.4 Å². The summed E-state index contributed by atoms with van der Waals surface area (Å²) in [5, 5.41) is 3.22. The average Bonchev–Trinajstić information content (AvgIpc) is 2.81. The predicted octanol–water partition coefficient (Wildman–Crippen LogP) is 5.22. The van der Waals surface area contributed by atoms with Gasteiger partial charge in [-0.1, -0.05) is 18.6 Å². The molecule has 32 heavy (non-hydrogen) atoms. The number of halogens is 2. The van der Waals surface area contributed by atoms with Crippen LogP contribution in [-0.2, 0) is 6.42 Å². The molecule has 0 radical (unpaired) electrons. The molecule has 6 nitrogen and oxygen atoms in total. The second-order valence-corrected chi connectivity index (χ2v) is 7.97. The SMILES string of the molecule is Cc1cc(CCN2CCCCC2)ncc1Nc1ncc(-c2ccc(OC(F)F)cc2)cn1. The summed E-state index contributed by atoms with van der Waals surface area (Å²) in [7, 11) is 0. The van der Waals surface area contributed by atoms with Crippen LogP contribution in [0, 0.1) is 6.92 Å². The molecule has 4 rings (SSSR count). The van der Waals surface area contributed by atoms with Gasteiger partial charge in [0.05, 0.1) is 11.9 Å². The molecule has 2 aromatic heterocycles. The van der Waals surface area contributed by atoms with Gasteiger partial charge in [-0.15, -0.1) is 0 Å². The van der Waals surface area contributed by atoms with Gasteiger partial charge in [0.1, 0.15) is 5.75 Å². The zero-order chi connectivity index (χ0) is 22.3. The Kier molecular flexibility index (Phi) is 7.21. The minimum Gasteiger partial charge on any atom is -0.435 e. The molecule has 1 saturated heterocycles. The lowest BCUT2D eigenvalue weighted by atomic mass is 10.1. The number of hydrogen-bond acceptors (Lipinski definition) is 6. The molecule has 0 spiro atoms. The molecule has 0 bridgehead atoms. The number of anilines is 2. The zero-order valence-corrected chi connectivity index (χ0v) is 18.1. The number of nitrogens with one attached hydrogen (secondary N) is 1. The molecular formula is C24H27F2N5O. The molecule has 1 fully saturated rings. The Hall–Kier alpha value is -3.13. The van der Waals surface area contributed by atoms with Gasteiger partial charge in [-0.05, 0) is 62.2 Å². The van der Waals surface area contributed by atoms with Gasteiger partial charge in [-0.2, -0.15) is 8.78 Å². The fraction of sp³-hybridized carbons (Fsp3) is 0.375. The first kappa shape index (κ1) is 22.1. The van der Waals surface area contributed by atoms with Crippen molar-refractivity contribution < 1.29 is 13.5 Å². The second kappa shape index (κ2) is 10.5. The summed E-state index contributed by atoms with van der Waals surface area (Å²) in [6, 6.07) is 8.50. The van der Waals surface area contributed by atoms with Gasteiger partial charge in [0.15, 0.2) is 0 Å². The van der Waals surface area contributed by atoms with Crippen molar-refractivity contribution >= 4 is 11.6 Å². The molecule has 1 N–H and O–H groups in total. The number of alkyl halides is 2. The van der Waals surface area contributed by atoms with Gasteiger partial charge < -0.3 is 15.0 Å². The quantitative estimate of drug-likeness (QED) is 0.519. The molecule has 168 valence electrons. The lowest BCUT2D eigenvalue weighted by Gasteiger charge is -2.26. The minimum atomic E-state index is -2.84. The average molecular weight is 440 g/mol. The van der Waals surface area contributed by atoms with Crippen molar-refractivity contribution in [3.63, 3.8) is 0 Å². The van der Waals surface area contributed by atoms with E-state index in [0.29, 0.717) is 5.95 Å². The molecular weight excluding hydrogens is 412 g/mol. The molecule has 0 saturated carbocycles. The van der Waals surface area contributed by atoms with E-state index in [1.165, 1.54) is 44.5 Å². The van der Waals surface area contributed by atoms with Crippen LogP contribution in [0.2, 0.25) is 0 Å². The first-order valence-corrected chi connectivity index (χ1v) is 10.9. The molecule has 0 atom stereocenters.